The van der Waals surface area contributed by atoms with Crippen LogP contribution in [0, 0.1) is 5.92 Å². The molecule has 1 fully saturated rings. The van der Waals surface area contributed by atoms with Gasteiger partial charge in [0.1, 0.15) is 30.5 Å². The van der Waals surface area contributed by atoms with E-state index in [1.807, 2.05) is 0 Å². The Morgan fingerprint density at radius 3 is 2.74 bits per heavy atom. The predicted octanol–water partition coefficient (Wildman–Crippen LogP) is -1.43. The van der Waals surface area contributed by atoms with E-state index in [0.29, 0.717) is 5.13 Å². The van der Waals surface area contributed by atoms with Gasteiger partial charge in [0.15, 0.2) is 5.13 Å². The number of aromatic nitrogens is 1. The monoisotopic (exact) mass is 289 g/mol. The minimum Gasteiger partial charge on any atom is -0.394 e. The quantitative estimate of drug-likeness (QED) is 0.534. The summed E-state index contributed by atoms with van der Waals surface area (Å²) in [6, 6.07) is 0. The summed E-state index contributed by atoms with van der Waals surface area (Å²) < 4.78 is 5.24. The van der Waals surface area contributed by atoms with Crippen molar-refractivity contribution in [3.63, 3.8) is 0 Å². The first-order chi connectivity index (χ1) is 9.04. The summed E-state index contributed by atoms with van der Waals surface area (Å²) in [5.74, 6) is -3.03. The number of aliphatic hydroxyl groups is 3. The number of thiazole rings is 1. The summed E-state index contributed by atoms with van der Waals surface area (Å²) >= 11 is 1.22. The zero-order valence-corrected chi connectivity index (χ0v) is 10.5. The molecule has 1 saturated heterocycles. The number of nitrogens with one attached hydrogen (secondary N) is 1. The van der Waals surface area contributed by atoms with Crippen molar-refractivity contribution in [3.8, 4) is 0 Å². The van der Waals surface area contributed by atoms with E-state index in [4.69, 9.17) is 9.84 Å². The second kappa shape index (κ2) is 5.80. The zero-order chi connectivity index (χ0) is 14.0. The fourth-order valence-corrected chi connectivity index (χ4v) is 2.48. The maximum atomic E-state index is 11.1. The first-order valence-electron chi connectivity index (χ1n) is 5.54. The third-order valence-electron chi connectivity index (χ3n) is 2.90. The van der Waals surface area contributed by atoms with Crippen LogP contribution >= 0.6 is 11.3 Å². The minimum absolute atomic E-state index is 0.400. The Morgan fingerprint density at radius 1 is 1.47 bits per heavy atom. The highest BCUT2D eigenvalue weighted by Crippen LogP contribution is 2.28. The molecule has 0 bridgehead atoms. The largest absolute Gasteiger partial charge is 0.394 e. The van der Waals surface area contributed by atoms with Crippen LogP contribution in [0.1, 0.15) is 0 Å². The number of rotatable bonds is 4. The van der Waals surface area contributed by atoms with Crippen LogP contribution in [0.5, 0.6) is 0 Å². The number of hydrogen-bond donors (Lipinski definition) is 4. The molecule has 1 aromatic rings. The Balaban J connectivity index is 2.19. The van der Waals surface area contributed by atoms with Gasteiger partial charge in [0.25, 0.3) is 0 Å². The highest BCUT2D eigenvalue weighted by Gasteiger charge is 2.48. The molecule has 0 saturated carbocycles. The SMILES string of the molecule is [O]C(=O)[C@H]1C(Nc2nccs2)O[C@H](CO)[C@@H](O)[C@@H]1O. The topological polar surface area (TPSA) is 132 Å². The van der Waals surface area contributed by atoms with Crippen molar-refractivity contribution >= 4 is 22.4 Å². The lowest BCUT2D eigenvalue weighted by Crippen LogP contribution is -2.59. The smallest absolute Gasteiger partial charge is 0.365 e. The fourth-order valence-electron chi connectivity index (χ4n) is 1.92. The second-order valence-corrected chi connectivity index (χ2v) is 4.98. The van der Waals surface area contributed by atoms with E-state index in [1.54, 1.807) is 5.38 Å². The number of hydrogen-bond acceptors (Lipinski definition) is 8. The van der Waals surface area contributed by atoms with Gasteiger partial charge in [-0.3, -0.25) is 0 Å². The Bertz CT molecular complexity index is 428. The summed E-state index contributed by atoms with van der Waals surface area (Å²) in [6.07, 6.45) is -3.82. The predicted molar refractivity (Wildman–Crippen MR) is 62.7 cm³/mol. The second-order valence-electron chi connectivity index (χ2n) is 4.09. The van der Waals surface area contributed by atoms with Gasteiger partial charge < -0.3 is 25.4 Å². The van der Waals surface area contributed by atoms with Crippen LogP contribution in [-0.4, -0.2) is 57.4 Å². The number of anilines is 1. The lowest BCUT2D eigenvalue weighted by atomic mass is 9.90. The van der Waals surface area contributed by atoms with Crippen LogP contribution < -0.4 is 5.32 Å². The lowest BCUT2D eigenvalue weighted by Gasteiger charge is -2.40. The van der Waals surface area contributed by atoms with Crippen molar-refractivity contribution in [2.24, 2.45) is 5.92 Å². The summed E-state index contributed by atoms with van der Waals surface area (Å²) in [7, 11) is 0. The van der Waals surface area contributed by atoms with Crippen molar-refractivity contribution in [1.82, 2.24) is 4.98 Å². The number of nitrogens with zero attached hydrogens (tertiary/aromatic N) is 1. The molecule has 1 radical (unpaired) electrons. The van der Waals surface area contributed by atoms with E-state index in [0.717, 1.165) is 0 Å². The highest BCUT2D eigenvalue weighted by molar-refractivity contribution is 7.13. The standard InChI is InChI=1S/C10H13N2O6S/c13-3-4-6(14)7(15)5(9(16)17)8(18-4)12-10-11-1-2-19-10/h1-2,4-8,13-15H,3H2,(H,11,12)/t4-,5-,6-,7-,8?/m1/s1. The summed E-state index contributed by atoms with van der Waals surface area (Å²) in [6.45, 7) is -0.548. The van der Waals surface area contributed by atoms with E-state index in [1.165, 1.54) is 17.5 Å². The molecular weight excluding hydrogens is 276 g/mol. The van der Waals surface area contributed by atoms with Gasteiger partial charge in [-0.25, -0.2) is 14.9 Å². The molecule has 105 valence electrons. The number of aliphatic hydroxyl groups excluding tert-OH is 3. The van der Waals surface area contributed by atoms with E-state index in [2.05, 4.69) is 10.3 Å². The van der Waals surface area contributed by atoms with Gasteiger partial charge in [-0.05, 0) is 0 Å². The average Bonchev–Trinajstić information content (AvgIpc) is 2.86. The van der Waals surface area contributed by atoms with Crippen LogP contribution in [0.15, 0.2) is 11.6 Å². The van der Waals surface area contributed by atoms with Crippen LogP contribution in [0.3, 0.4) is 0 Å². The van der Waals surface area contributed by atoms with Gasteiger partial charge in [0.05, 0.1) is 6.61 Å². The lowest BCUT2D eigenvalue weighted by molar-refractivity contribution is -0.212. The Morgan fingerprint density at radius 2 is 2.21 bits per heavy atom. The molecule has 0 amide bonds. The molecule has 1 aromatic heterocycles. The van der Waals surface area contributed by atoms with Crippen molar-refractivity contribution < 1.29 is 30.0 Å². The van der Waals surface area contributed by atoms with Gasteiger partial charge in [-0.15, -0.1) is 11.3 Å². The van der Waals surface area contributed by atoms with Crippen LogP contribution in [-0.2, 0) is 14.6 Å². The first kappa shape index (κ1) is 14.2. The molecule has 2 rings (SSSR count). The van der Waals surface area contributed by atoms with E-state index < -0.39 is 43.0 Å². The van der Waals surface area contributed by atoms with E-state index in [-0.39, 0.29) is 0 Å². The van der Waals surface area contributed by atoms with E-state index in [9.17, 15) is 20.1 Å². The van der Waals surface area contributed by atoms with E-state index >= 15 is 0 Å². The molecule has 2 heterocycles. The van der Waals surface area contributed by atoms with Gasteiger partial charge in [0, 0.05) is 11.6 Å². The molecule has 19 heavy (non-hydrogen) atoms. The number of carbonyl (C=O) groups excluding carboxylic acids is 1. The average molecular weight is 289 g/mol. The maximum absolute atomic E-state index is 11.1. The molecule has 9 heteroatoms. The molecule has 1 aliphatic heterocycles. The molecule has 8 nitrogen and oxygen atoms in total. The fraction of sp³-hybridized carbons (Fsp3) is 0.600. The summed E-state index contributed by atoms with van der Waals surface area (Å²) in [4.78, 5) is 15.0. The van der Waals surface area contributed by atoms with Crippen molar-refractivity contribution in [3.05, 3.63) is 11.6 Å². The van der Waals surface area contributed by atoms with Gasteiger partial charge in [-0.2, -0.15) is 0 Å². The summed E-state index contributed by atoms with van der Waals surface area (Å²) in [5.41, 5.74) is 0. The van der Waals surface area contributed by atoms with Crippen molar-refractivity contribution in [2.45, 2.75) is 24.5 Å². The molecule has 1 aliphatic rings. The maximum Gasteiger partial charge on any atom is 0.365 e. The Hall–Kier alpha value is -1.26. The van der Waals surface area contributed by atoms with Gasteiger partial charge >= 0.3 is 5.97 Å². The molecule has 0 aromatic carbocycles. The van der Waals surface area contributed by atoms with Gasteiger partial charge in [0.2, 0.25) is 0 Å². The number of carbonyl (C=O) groups is 1. The summed E-state index contributed by atoms with van der Waals surface area (Å²) in [5, 5.41) is 44.3. The zero-order valence-electron chi connectivity index (χ0n) is 9.67. The Labute approximate surface area is 112 Å². The molecule has 4 N–H and O–H groups in total. The number of ether oxygens (including phenoxy) is 1. The molecule has 5 atom stereocenters. The van der Waals surface area contributed by atoms with Crippen molar-refractivity contribution in [2.75, 3.05) is 11.9 Å². The molecule has 1 unspecified atom stereocenters. The molecule has 0 aliphatic carbocycles. The van der Waals surface area contributed by atoms with Crippen LogP contribution in [0.25, 0.3) is 0 Å². The molecule has 0 spiro atoms. The van der Waals surface area contributed by atoms with Gasteiger partial charge in [-0.1, -0.05) is 0 Å². The first-order valence-corrected chi connectivity index (χ1v) is 6.42. The third kappa shape index (κ3) is 2.85. The Kier molecular flexibility index (Phi) is 4.32. The third-order valence-corrected chi connectivity index (χ3v) is 3.60. The van der Waals surface area contributed by atoms with Crippen LogP contribution in [0.2, 0.25) is 0 Å². The van der Waals surface area contributed by atoms with Crippen molar-refractivity contribution in [1.29, 1.82) is 0 Å². The normalized spacial score (nSPS) is 35.0. The minimum atomic E-state index is -1.60. The molecular formula is C10H13N2O6S. The highest BCUT2D eigenvalue weighted by atomic mass is 32.1. The van der Waals surface area contributed by atoms with Crippen LogP contribution in [0.4, 0.5) is 5.13 Å².